The van der Waals surface area contributed by atoms with Gasteiger partial charge in [-0.1, -0.05) is 32.9 Å². The van der Waals surface area contributed by atoms with E-state index in [4.69, 9.17) is 0 Å². The summed E-state index contributed by atoms with van der Waals surface area (Å²) in [6.07, 6.45) is 2.05. The van der Waals surface area contributed by atoms with Crippen molar-refractivity contribution in [2.24, 2.45) is 5.10 Å². The predicted octanol–water partition coefficient (Wildman–Crippen LogP) is 4.22. The van der Waals surface area contributed by atoms with Crippen LogP contribution in [0.15, 0.2) is 52.4 Å². The highest BCUT2D eigenvalue weighted by Gasteiger charge is 2.24. The lowest BCUT2D eigenvalue weighted by molar-refractivity contribution is 0.111. The minimum absolute atomic E-state index is 0.0367. The molecule has 1 aliphatic rings. The fourth-order valence-electron chi connectivity index (χ4n) is 4.33. The summed E-state index contributed by atoms with van der Waals surface area (Å²) in [7, 11) is 1.77. The molecule has 1 aliphatic carbocycles. The summed E-state index contributed by atoms with van der Waals surface area (Å²) in [6.45, 7) is 5.93. The number of aliphatic hydroxyl groups excluding tert-OH is 1. The van der Waals surface area contributed by atoms with Crippen molar-refractivity contribution in [2.75, 3.05) is 12.1 Å². The zero-order chi connectivity index (χ0) is 24.6. The molecule has 0 bridgehead atoms. The van der Waals surface area contributed by atoms with Gasteiger partial charge in [0.15, 0.2) is 6.29 Å². The molecule has 2 aromatic carbocycles. The molecule has 0 fully saturated rings. The molecule has 0 spiro atoms. The number of aliphatic hydroxyl groups is 1. The maximum absolute atomic E-state index is 14.6. The lowest BCUT2D eigenvalue weighted by atomic mass is 9.85. The van der Waals surface area contributed by atoms with Gasteiger partial charge >= 0.3 is 0 Å². The number of H-pyrrole nitrogens is 1. The molecule has 4 rings (SSSR count). The Hall–Kier alpha value is -3.58. The fraction of sp³-hybridized carbons (Fsp3) is 0.296. The first-order valence-electron chi connectivity index (χ1n) is 11.2. The average molecular weight is 462 g/mol. The number of benzene rings is 2. The Morgan fingerprint density at radius 3 is 2.62 bits per heavy atom. The number of nitrogens with one attached hydrogen (secondary N) is 1. The highest BCUT2D eigenvalue weighted by atomic mass is 19.1. The van der Waals surface area contributed by atoms with Crippen LogP contribution in [0, 0.1) is 5.82 Å². The number of nitrogens with zero attached hydrogens (tertiary/aromatic N) is 2. The molecule has 3 aromatic rings. The van der Waals surface area contributed by atoms with Gasteiger partial charge in [-0.05, 0) is 46.4 Å². The Labute approximate surface area is 197 Å². The second kappa shape index (κ2) is 8.99. The first-order chi connectivity index (χ1) is 16.1. The average Bonchev–Trinajstić information content (AvgIpc) is 2.90. The quantitative estimate of drug-likeness (QED) is 0.346. The molecule has 176 valence electrons. The van der Waals surface area contributed by atoms with Crippen molar-refractivity contribution in [3.8, 4) is 11.1 Å². The number of hydrogen-bond acceptors (Lipinski definition) is 5. The topological polar surface area (TPSA) is 85.8 Å². The molecule has 1 unspecified atom stereocenters. The van der Waals surface area contributed by atoms with Crippen molar-refractivity contribution in [2.45, 2.75) is 45.1 Å². The van der Waals surface area contributed by atoms with E-state index in [9.17, 15) is 19.1 Å². The van der Waals surface area contributed by atoms with Crippen LogP contribution in [0.2, 0.25) is 0 Å². The van der Waals surface area contributed by atoms with Crippen LogP contribution in [0.5, 0.6) is 0 Å². The molecule has 1 aromatic heterocycles. The number of hydrogen-bond donors (Lipinski definition) is 2. The van der Waals surface area contributed by atoms with Crippen LogP contribution in [-0.4, -0.2) is 35.7 Å². The standard InChI is InChI=1S/C27H28FN3O3/c1-27(2,3)17-10-16(22(15-32)23(28)11-17)14-29-31(4)25-7-5-6-19-20-8-9-26(34)30-24(20)13-18(33)12-21(19)25/h5-11,14-15,18,33H,12-13H2,1-4H3,(H,30,34)/b29-14-. The lowest BCUT2D eigenvalue weighted by Gasteiger charge is -2.21. The van der Waals surface area contributed by atoms with Gasteiger partial charge in [0.1, 0.15) is 5.82 Å². The van der Waals surface area contributed by atoms with Crippen LogP contribution in [0.4, 0.5) is 10.1 Å². The Morgan fingerprint density at radius 2 is 1.91 bits per heavy atom. The number of anilines is 1. The van der Waals surface area contributed by atoms with Crippen molar-refractivity contribution in [1.29, 1.82) is 0 Å². The summed E-state index contributed by atoms with van der Waals surface area (Å²) in [5, 5.41) is 16.8. The molecule has 0 saturated carbocycles. The minimum Gasteiger partial charge on any atom is -0.392 e. The third-order valence-corrected chi connectivity index (χ3v) is 6.19. The second-order valence-corrected chi connectivity index (χ2v) is 9.68. The maximum Gasteiger partial charge on any atom is 0.248 e. The minimum atomic E-state index is -0.671. The molecule has 6 nitrogen and oxygen atoms in total. The van der Waals surface area contributed by atoms with Crippen molar-refractivity contribution in [3.63, 3.8) is 0 Å². The third-order valence-electron chi connectivity index (χ3n) is 6.19. The Balaban J connectivity index is 1.77. The van der Waals surface area contributed by atoms with Gasteiger partial charge in [0.05, 0.1) is 23.6 Å². The highest BCUT2D eigenvalue weighted by molar-refractivity contribution is 5.93. The number of halogens is 1. The summed E-state index contributed by atoms with van der Waals surface area (Å²) >= 11 is 0. The lowest BCUT2D eigenvalue weighted by Crippen LogP contribution is -2.18. The maximum atomic E-state index is 14.6. The first kappa shape index (κ1) is 23.6. The molecule has 1 atom stereocenters. The summed E-state index contributed by atoms with van der Waals surface area (Å²) in [5.74, 6) is -0.575. The zero-order valence-corrected chi connectivity index (χ0v) is 19.7. The predicted molar refractivity (Wildman–Crippen MR) is 132 cm³/mol. The number of aromatic amines is 1. The number of carbonyl (C=O) groups is 1. The number of rotatable bonds is 4. The number of pyridine rings is 1. The molecule has 1 heterocycles. The number of carbonyl (C=O) groups excluding carboxylic acids is 1. The van der Waals surface area contributed by atoms with Crippen LogP contribution >= 0.6 is 0 Å². The van der Waals surface area contributed by atoms with E-state index in [2.05, 4.69) is 10.1 Å². The first-order valence-corrected chi connectivity index (χ1v) is 11.2. The van der Waals surface area contributed by atoms with Gasteiger partial charge in [0, 0.05) is 42.8 Å². The summed E-state index contributed by atoms with van der Waals surface area (Å²) in [4.78, 5) is 26.2. The number of aromatic nitrogens is 1. The summed E-state index contributed by atoms with van der Waals surface area (Å²) in [5.41, 5.74) is 4.78. The molecular weight excluding hydrogens is 433 g/mol. The smallest absolute Gasteiger partial charge is 0.248 e. The third kappa shape index (κ3) is 4.56. The summed E-state index contributed by atoms with van der Waals surface area (Å²) in [6, 6.07) is 12.2. The molecule has 0 amide bonds. The van der Waals surface area contributed by atoms with Crippen LogP contribution in [0.3, 0.4) is 0 Å². The van der Waals surface area contributed by atoms with E-state index in [0.29, 0.717) is 30.4 Å². The van der Waals surface area contributed by atoms with Crippen LogP contribution in [0.1, 0.15) is 53.5 Å². The normalized spacial score (nSPS) is 15.5. The Kier molecular flexibility index (Phi) is 6.23. The van der Waals surface area contributed by atoms with Crippen LogP contribution in [0.25, 0.3) is 11.1 Å². The van der Waals surface area contributed by atoms with E-state index < -0.39 is 11.9 Å². The van der Waals surface area contributed by atoms with E-state index in [1.54, 1.807) is 24.2 Å². The fourth-order valence-corrected chi connectivity index (χ4v) is 4.33. The molecular formula is C27H28FN3O3. The van der Waals surface area contributed by atoms with Crippen molar-refractivity contribution in [1.82, 2.24) is 4.98 Å². The SMILES string of the molecule is CN(/N=C\c1cc(C(C)(C)C)cc(F)c1C=O)c1cccc2c1CC(O)Cc1[nH]c(=O)ccc1-2. The van der Waals surface area contributed by atoms with E-state index in [-0.39, 0.29) is 16.5 Å². The number of aldehydes is 1. The van der Waals surface area contributed by atoms with E-state index in [0.717, 1.165) is 27.9 Å². The van der Waals surface area contributed by atoms with Gasteiger partial charge in [0.2, 0.25) is 5.56 Å². The Bertz CT molecular complexity index is 1340. The van der Waals surface area contributed by atoms with E-state index in [1.807, 2.05) is 39.0 Å². The van der Waals surface area contributed by atoms with Gasteiger partial charge in [-0.25, -0.2) is 4.39 Å². The number of fused-ring (bicyclic) bond motifs is 3. The largest absolute Gasteiger partial charge is 0.392 e. The van der Waals surface area contributed by atoms with Gasteiger partial charge in [-0.2, -0.15) is 5.10 Å². The monoisotopic (exact) mass is 461 g/mol. The molecule has 7 heteroatoms. The molecule has 2 N–H and O–H groups in total. The second-order valence-electron chi connectivity index (χ2n) is 9.68. The van der Waals surface area contributed by atoms with Gasteiger partial charge < -0.3 is 10.1 Å². The Morgan fingerprint density at radius 1 is 1.15 bits per heavy atom. The molecule has 0 aliphatic heterocycles. The number of hydrazone groups is 1. The molecule has 0 radical (unpaired) electrons. The zero-order valence-electron chi connectivity index (χ0n) is 19.7. The summed E-state index contributed by atoms with van der Waals surface area (Å²) < 4.78 is 14.6. The van der Waals surface area contributed by atoms with Gasteiger partial charge in [-0.3, -0.25) is 14.6 Å². The van der Waals surface area contributed by atoms with Gasteiger partial charge in [0.25, 0.3) is 0 Å². The van der Waals surface area contributed by atoms with Crippen molar-refractivity contribution >= 4 is 18.2 Å². The van der Waals surface area contributed by atoms with Gasteiger partial charge in [-0.15, -0.1) is 0 Å². The molecule has 34 heavy (non-hydrogen) atoms. The van der Waals surface area contributed by atoms with Crippen LogP contribution < -0.4 is 10.6 Å². The van der Waals surface area contributed by atoms with E-state index >= 15 is 0 Å². The van der Waals surface area contributed by atoms with Crippen molar-refractivity contribution < 1.29 is 14.3 Å². The van der Waals surface area contributed by atoms with E-state index in [1.165, 1.54) is 18.3 Å². The van der Waals surface area contributed by atoms with Crippen LogP contribution in [-0.2, 0) is 18.3 Å². The van der Waals surface area contributed by atoms with Crippen molar-refractivity contribution in [3.05, 3.63) is 86.6 Å². The molecule has 0 saturated heterocycles. The highest BCUT2D eigenvalue weighted by Crippen LogP contribution is 2.36.